The Morgan fingerprint density at radius 2 is 2.36 bits per heavy atom. The molecule has 0 bridgehead atoms. The zero-order chi connectivity index (χ0) is 10.6. The standard InChI is InChI=1S/C11H19N3/c1-5-14-11(6-10(4)13-14)8-12-7-9(2)3/h6,12H,2,5,7-8H2,1,3-4H3. The zero-order valence-electron chi connectivity index (χ0n) is 9.30. The second-order valence-electron chi connectivity index (χ2n) is 3.65. The van der Waals surface area contributed by atoms with Crippen LogP contribution in [0.2, 0.25) is 0 Å². The minimum absolute atomic E-state index is 0.863. The molecule has 3 heteroatoms. The van der Waals surface area contributed by atoms with Crippen molar-refractivity contribution >= 4 is 0 Å². The lowest BCUT2D eigenvalue weighted by Crippen LogP contribution is -2.18. The molecule has 0 unspecified atom stereocenters. The molecule has 0 aliphatic heterocycles. The first-order chi connectivity index (χ1) is 6.63. The number of hydrogen-bond donors (Lipinski definition) is 1. The minimum Gasteiger partial charge on any atom is -0.307 e. The largest absolute Gasteiger partial charge is 0.307 e. The minimum atomic E-state index is 0.863. The number of nitrogens with one attached hydrogen (secondary N) is 1. The lowest BCUT2D eigenvalue weighted by Gasteiger charge is -2.05. The van der Waals surface area contributed by atoms with Crippen molar-refractivity contribution in [2.24, 2.45) is 0 Å². The maximum absolute atomic E-state index is 4.38. The average molecular weight is 193 g/mol. The molecular weight excluding hydrogens is 174 g/mol. The molecule has 0 aliphatic carbocycles. The summed E-state index contributed by atoms with van der Waals surface area (Å²) in [6, 6.07) is 2.12. The lowest BCUT2D eigenvalue weighted by molar-refractivity contribution is 0.590. The van der Waals surface area contributed by atoms with Gasteiger partial charge in [-0.2, -0.15) is 5.10 Å². The molecular formula is C11H19N3. The van der Waals surface area contributed by atoms with Crippen LogP contribution in [0.5, 0.6) is 0 Å². The molecule has 0 aliphatic rings. The first kappa shape index (κ1) is 11.0. The number of hydrogen-bond acceptors (Lipinski definition) is 2. The number of aryl methyl sites for hydroxylation is 2. The van der Waals surface area contributed by atoms with Crippen LogP contribution in [0.25, 0.3) is 0 Å². The Morgan fingerprint density at radius 3 is 2.93 bits per heavy atom. The molecule has 1 N–H and O–H groups in total. The fraction of sp³-hybridized carbons (Fsp3) is 0.545. The van der Waals surface area contributed by atoms with Gasteiger partial charge in [0, 0.05) is 19.6 Å². The predicted molar refractivity (Wildman–Crippen MR) is 59.2 cm³/mol. The van der Waals surface area contributed by atoms with E-state index in [1.54, 1.807) is 0 Å². The molecule has 0 saturated heterocycles. The van der Waals surface area contributed by atoms with Gasteiger partial charge in [0.15, 0.2) is 0 Å². The Morgan fingerprint density at radius 1 is 1.64 bits per heavy atom. The van der Waals surface area contributed by atoms with Crippen molar-refractivity contribution in [1.29, 1.82) is 0 Å². The van der Waals surface area contributed by atoms with Crippen LogP contribution in [0.1, 0.15) is 25.2 Å². The predicted octanol–water partition coefficient (Wildman–Crippen LogP) is 1.88. The van der Waals surface area contributed by atoms with E-state index in [0.717, 1.165) is 30.9 Å². The maximum Gasteiger partial charge on any atom is 0.0597 e. The Kier molecular flexibility index (Phi) is 3.89. The van der Waals surface area contributed by atoms with Gasteiger partial charge in [-0.15, -0.1) is 0 Å². The summed E-state index contributed by atoms with van der Waals surface area (Å²) in [6.07, 6.45) is 0. The van der Waals surface area contributed by atoms with E-state index in [1.807, 2.05) is 18.5 Å². The fourth-order valence-corrected chi connectivity index (χ4v) is 1.42. The van der Waals surface area contributed by atoms with Crippen LogP contribution in [0.15, 0.2) is 18.2 Å². The van der Waals surface area contributed by atoms with Gasteiger partial charge in [0.2, 0.25) is 0 Å². The Labute approximate surface area is 85.8 Å². The van der Waals surface area contributed by atoms with E-state index in [4.69, 9.17) is 0 Å². The van der Waals surface area contributed by atoms with Gasteiger partial charge in [-0.05, 0) is 26.8 Å². The maximum atomic E-state index is 4.38. The molecule has 1 heterocycles. The van der Waals surface area contributed by atoms with E-state index in [1.165, 1.54) is 5.69 Å². The molecule has 0 saturated carbocycles. The summed E-state index contributed by atoms with van der Waals surface area (Å²) in [7, 11) is 0. The number of rotatable bonds is 5. The highest BCUT2D eigenvalue weighted by molar-refractivity contribution is 5.09. The SMILES string of the molecule is C=C(C)CNCc1cc(C)nn1CC. The average Bonchev–Trinajstić information content (AvgIpc) is 2.45. The normalized spacial score (nSPS) is 10.5. The summed E-state index contributed by atoms with van der Waals surface area (Å²) in [5.74, 6) is 0. The first-order valence-electron chi connectivity index (χ1n) is 5.02. The molecule has 3 nitrogen and oxygen atoms in total. The lowest BCUT2D eigenvalue weighted by atomic mass is 10.3. The molecule has 0 radical (unpaired) electrons. The summed E-state index contributed by atoms with van der Waals surface area (Å²) in [4.78, 5) is 0. The van der Waals surface area contributed by atoms with Crippen LogP contribution >= 0.6 is 0 Å². The van der Waals surface area contributed by atoms with Crippen molar-refractivity contribution in [2.75, 3.05) is 6.54 Å². The van der Waals surface area contributed by atoms with Crippen LogP contribution in [0, 0.1) is 6.92 Å². The summed E-state index contributed by atoms with van der Waals surface area (Å²) < 4.78 is 2.03. The fourth-order valence-electron chi connectivity index (χ4n) is 1.42. The summed E-state index contributed by atoms with van der Waals surface area (Å²) >= 11 is 0. The molecule has 0 aromatic carbocycles. The molecule has 0 amide bonds. The van der Waals surface area contributed by atoms with Gasteiger partial charge in [0.05, 0.1) is 11.4 Å². The third kappa shape index (κ3) is 3.00. The third-order valence-electron chi connectivity index (χ3n) is 2.02. The van der Waals surface area contributed by atoms with E-state index in [0.29, 0.717) is 0 Å². The topological polar surface area (TPSA) is 29.9 Å². The van der Waals surface area contributed by atoms with E-state index in [-0.39, 0.29) is 0 Å². The second-order valence-corrected chi connectivity index (χ2v) is 3.65. The quantitative estimate of drug-likeness (QED) is 0.724. The van der Waals surface area contributed by atoms with E-state index >= 15 is 0 Å². The van der Waals surface area contributed by atoms with Crippen LogP contribution in [0.3, 0.4) is 0 Å². The van der Waals surface area contributed by atoms with Crippen molar-refractivity contribution in [3.05, 3.63) is 29.6 Å². The summed E-state index contributed by atoms with van der Waals surface area (Å²) in [5, 5.41) is 7.71. The molecule has 0 spiro atoms. The highest BCUT2D eigenvalue weighted by Crippen LogP contribution is 2.03. The van der Waals surface area contributed by atoms with E-state index < -0.39 is 0 Å². The Bertz CT molecular complexity index is 312. The van der Waals surface area contributed by atoms with Crippen molar-refractivity contribution in [2.45, 2.75) is 33.9 Å². The zero-order valence-corrected chi connectivity index (χ0v) is 9.30. The van der Waals surface area contributed by atoms with Gasteiger partial charge in [-0.3, -0.25) is 4.68 Å². The van der Waals surface area contributed by atoms with Crippen LogP contribution < -0.4 is 5.32 Å². The summed E-state index contributed by atoms with van der Waals surface area (Å²) in [6.45, 7) is 12.7. The van der Waals surface area contributed by atoms with Gasteiger partial charge in [0.1, 0.15) is 0 Å². The Balaban J connectivity index is 2.52. The van der Waals surface area contributed by atoms with Gasteiger partial charge in [-0.1, -0.05) is 12.2 Å². The van der Waals surface area contributed by atoms with E-state index in [2.05, 4.69) is 30.0 Å². The number of aromatic nitrogens is 2. The molecule has 1 aromatic heterocycles. The molecule has 1 aromatic rings. The molecule has 14 heavy (non-hydrogen) atoms. The van der Waals surface area contributed by atoms with Crippen molar-refractivity contribution < 1.29 is 0 Å². The van der Waals surface area contributed by atoms with Crippen molar-refractivity contribution in [3.63, 3.8) is 0 Å². The highest BCUT2D eigenvalue weighted by Gasteiger charge is 2.02. The summed E-state index contributed by atoms with van der Waals surface area (Å²) in [5.41, 5.74) is 3.48. The third-order valence-corrected chi connectivity index (χ3v) is 2.02. The first-order valence-corrected chi connectivity index (χ1v) is 5.02. The highest BCUT2D eigenvalue weighted by atomic mass is 15.3. The van der Waals surface area contributed by atoms with Crippen molar-refractivity contribution in [3.8, 4) is 0 Å². The van der Waals surface area contributed by atoms with Crippen LogP contribution in [-0.2, 0) is 13.1 Å². The Hall–Kier alpha value is -1.09. The smallest absolute Gasteiger partial charge is 0.0597 e. The van der Waals surface area contributed by atoms with Crippen molar-refractivity contribution in [1.82, 2.24) is 15.1 Å². The molecule has 78 valence electrons. The molecule has 0 atom stereocenters. The second kappa shape index (κ2) is 4.96. The van der Waals surface area contributed by atoms with Gasteiger partial charge in [-0.25, -0.2) is 0 Å². The monoisotopic (exact) mass is 193 g/mol. The molecule has 0 fully saturated rings. The molecule has 1 rings (SSSR count). The van der Waals surface area contributed by atoms with Crippen LogP contribution in [0.4, 0.5) is 0 Å². The van der Waals surface area contributed by atoms with Gasteiger partial charge in [0.25, 0.3) is 0 Å². The van der Waals surface area contributed by atoms with Gasteiger partial charge >= 0.3 is 0 Å². The number of nitrogens with zero attached hydrogens (tertiary/aromatic N) is 2. The van der Waals surface area contributed by atoms with E-state index in [9.17, 15) is 0 Å². The van der Waals surface area contributed by atoms with Gasteiger partial charge < -0.3 is 5.32 Å². The van der Waals surface area contributed by atoms with Crippen LogP contribution in [-0.4, -0.2) is 16.3 Å².